The molecule has 6 nitrogen and oxygen atoms in total. The standard InChI is InChI=1S/C15H21NO4.C5H13N/c17-13-9-6-5-8-12(13)15(20)16-11-7-3-1-2-4-10-14(18)19;1-4-5(2,3)6/h5-6,8-9,17H,1-4,7,10-11H2,(H,16,20)(H,18,19);4,6H2,1-3H3. The van der Waals surface area contributed by atoms with Crippen molar-refractivity contribution in [3.8, 4) is 5.75 Å². The number of nitrogens with two attached hydrogens (primary N) is 1. The van der Waals surface area contributed by atoms with Gasteiger partial charge in [-0.25, -0.2) is 0 Å². The topological polar surface area (TPSA) is 113 Å². The molecule has 0 aliphatic rings. The van der Waals surface area contributed by atoms with Gasteiger partial charge in [-0.3, -0.25) is 9.59 Å². The van der Waals surface area contributed by atoms with Crippen molar-refractivity contribution in [2.24, 2.45) is 5.73 Å². The number of phenolic OH excluding ortho intramolecular Hbond substituents is 1. The lowest BCUT2D eigenvalue weighted by Gasteiger charge is -2.13. The van der Waals surface area contributed by atoms with Crippen LogP contribution in [-0.2, 0) is 4.79 Å². The lowest BCUT2D eigenvalue weighted by atomic mass is 10.1. The summed E-state index contributed by atoms with van der Waals surface area (Å²) < 4.78 is 0. The average Bonchev–Trinajstić information content (AvgIpc) is 2.57. The van der Waals surface area contributed by atoms with E-state index in [1.165, 1.54) is 6.07 Å². The summed E-state index contributed by atoms with van der Waals surface area (Å²) in [6.07, 6.45) is 5.67. The van der Waals surface area contributed by atoms with E-state index in [0.717, 1.165) is 32.1 Å². The number of para-hydroxylation sites is 1. The van der Waals surface area contributed by atoms with Crippen LogP contribution in [-0.4, -0.2) is 34.2 Å². The van der Waals surface area contributed by atoms with Crippen LogP contribution < -0.4 is 11.1 Å². The molecule has 0 saturated heterocycles. The second-order valence-corrected chi connectivity index (χ2v) is 7.03. The van der Waals surface area contributed by atoms with E-state index in [1.54, 1.807) is 18.2 Å². The number of benzene rings is 1. The number of aromatic hydroxyl groups is 1. The fourth-order valence-electron chi connectivity index (χ4n) is 1.89. The Bertz CT molecular complexity index is 539. The van der Waals surface area contributed by atoms with E-state index in [9.17, 15) is 14.7 Å². The fraction of sp³-hybridized carbons (Fsp3) is 0.600. The molecule has 0 unspecified atom stereocenters. The third kappa shape index (κ3) is 13.2. The molecule has 0 spiro atoms. The van der Waals surface area contributed by atoms with Gasteiger partial charge in [0.1, 0.15) is 5.75 Å². The SMILES string of the molecule is CCC(C)(C)N.O=C(O)CCCCCCCNC(=O)c1ccccc1O. The van der Waals surface area contributed by atoms with Crippen molar-refractivity contribution in [3.05, 3.63) is 29.8 Å². The zero-order valence-corrected chi connectivity index (χ0v) is 16.3. The van der Waals surface area contributed by atoms with Crippen LogP contribution in [0.3, 0.4) is 0 Å². The van der Waals surface area contributed by atoms with Gasteiger partial charge < -0.3 is 21.3 Å². The number of carboxylic acid groups (broad SMARTS) is 1. The molecule has 0 heterocycles. The molecule has 0 fully saturated rings. The summed E-state index contributed by atoms with van der Waals surface area (Å²) in [6, 6.07) is 6.44. The number of nitrogens with one attached hydrogen (secondary N) is 1. The highest BCUT2D eigenvalue weighted by molar-refractivity contribution is 5.96. The molecule has 0 aliphatic carbocycles. The van der Waals surface area contributed by atoms with Crippen molar-refractivity contribution in [3.63, 3.8) is 0 Å². The highest BCUT2D eigenvalue weighted by atomic mass is 16.4. The molecule has 148 valence electrons. The quantitative estimate of drug-likeness (QED) is 0.472. The third-order valence-electron chi connectivity index (χ3n) is 3.91. The zero-order valence-electron chi connectivity index (χ0n) is 16.3. The van der Waals surface area contributed by atoms with Crippen LogP contribution in [0.2, 0.25) is 0 Å². The number of rotatable bonds is 10. The van der Waals surface area contributed by atoms with Crippen molar-refractivity contribution in [2.75, 3.05) is 6.54 Å². The van der Waals surface area contributed by atoms with E-state index >= 15 is 0 Å². The van der Waals surface area contributed by atoms with E-state index in [0.29, 0.717) is 13.0 Å². The molecule has 1 amide bonds. The van der Waals surface area contributed by atoms with Crippen molar-refractivity contribution in [1.82, 2.24) is 5.32 Å². The highest BCUT2D eigenvalue weighted by Crippen LogP contribution is 2.15. The van der Waals surface area contributed by atoms with Crippen molar-refractivity contribution in [1.29, 1.82) is 0 Å². The Labute approximate surface area is 156 Å². The predicted octanol–water partition coefficient (Wildman–Crippen LogP) is 3.68. The number of unbranched alkanes of at least 4 members (excludes halogenated alkanes) is 4. The summed E-state index contributed by atoms with van der Waals surface area (Å²) in [5, 5.41) is 20.8. The molecule has 1 rings (SSSR count). The molecule has 5 N–H and O–H groups in total. The fourth-order valence-corrected chi connectivity index (χ4v) is 1.89. The Kier molecular flexibility index (Phi) is 12.1. The van der Waals surface area contributed by atoms with Gasteiger partial charge in [0.2, 0.25) is 0 Å². The second-order valence-electron chi connectivity index (χ2n) is 7.03. The van der Waals surface area contributed by atoms with E-state index < -0.39 is 5.97 Å². The number of aliphatic carboxylic acids is 1. The molecule has 1 aromatic carbocycles. The number of phenols is 1. The van der Waals surface area contributed by atoms with Crippen LogP contribution in [0.15, 0.2) is 24.3 Å². The van der Waals surface area contributed by atoms with Crippen LogP contribution in [0.25, 0.3) is 0 Å². The maximum atomic E-state index is 11.7. The molecule has 26 heavy (non-hydrogen) atoms. The number of carbonyl (C=O) groups is 2. The largest absolute Gasteiger partial charge is 0.507 e. The summed E-state index contributed by atoms with van der Waals surface area (Å²) in [5.41, 5.74) is 5.86. The lowest BCUT2D eigenvalue weighted by Crippen LogP contribution is -2.30. The minimum atomic E-state index is -0.750. The molecule has 0 aliphatic heterocycles. The zero-order chi connectivity index (χ0) is 20.0. The van der Waals surface area contributed by atoms with E-state index in [-0.39, 0.29) is 29.2 Å². The van der Waals surface area contributed by atoms with Gasteiger partial charge in [0.15, 0.2) is 0 Å². The first-order chi connectivity index (χ1) is 12.2. The molecule has 0 aromatic heterocycles. The van der Waals surface area contributed by atoms with Crippen molar-refractivity contribution < 1.29 is 19.8 Å². The van der Waals surface area contributed by atoms with Crippen LogP contribution >= 0.6 is 0 Å². The molecule has 0 radical (unpaired) electrons. The van der Waals surface area contributed by atoms with Gasteiger partial charge in [0.05, 0.1) is 5.56 Å². The van der Waals surface area contributed by atoms with Gasteiger partial charge in [0.25, 0.3) is 5.91 Å². The summed E-state index contributed by atoms with van der Waals surface area (Å²) >= 11 is 0. The van der Waals surface area contributed by atoms with Crippen molar-refractivity contribution >= 4 is 11.9 Å². The number of carbonyl (C=O) groups excluding carboxylic acids is 1. The molecule has 0 bridgehead atoms. The van der Waals surface area contributed by atoms with Crippen LogP contribution in [0.4, 0.5) is 0 Å². The first-order valence-electron chi connectivity index (χ1n) is 9.24. The minimum Gasteiger partial charge on any atom is -0.507 e. The number of amides is 1. The highest BCUT2D eigenvalue weighted by Gasteiger charge is 2.08. The van der Waals surface area contributed by atoms with E-state index in [4.69, 9.17) is 10.8 Å². The maximum Gasteiger partial charge on any atom is 0.303 e. The van der Waals surface area contributed by atoms with Gasteiger partial charge in [0, 0.05) is 18.5 Å². The van der Waals surface area contributed by atoms with Gasteiger partial charge in [-0.1, -0.05) is 38.3 Å². The first kappa shape index (κ1) is 23.9. The average molecular weight is 367 g/mol. The van der Waals surface area contributed by atoms with Gasteiger partial charge in [-0.2, -0.15) is 0 Å². The number of hydrogen-bond donors (Lipinski definition) is 4. The molecule has 0 atom stereocenters. The minimum absolute atomic E-state index is 0.0151. The van der Waals surface area contributed by atoms with Gasteiger partial charge in [-0.15, -0.1) is 0 Å². The molecule has 6 heteroatoms. The Morgan fingerprint density at radius 2 is 1.62 bits per heavy atom. The molecular formula is C20H34N2O4. The predicted molar refractivity (Wildman–Crippen MR) is 104 cm³/mol. The summed E-state index contributed by atoms with van der Waals surface area (Å²) in [6.45, 7) is 6.69. The van der Waals surface area contributed by atoms with Crippen LogP contribution in [0, 0.1) is 0 Å². The van der Waals surface area contributed by atoms with Gasteiger partial charge >= 0.3 is 5.97 Å². The third-order valence-corrected chi connectivity index (χ3v) is 3.91. The second kappa shape index (κ2) is 13.2. The normalized spacial score (nSPS) is 10.6. The van der Waals surface area contributed by atoms with Crippen LogP contribution in [0.5, 0.6) is 5.75 Å². The summed E-state index contributed by atoms with van der Waals surface area (Å²) in [4.78, 5) is 22.0. The molecule has 0 saturated carbocycles. The van der Waals surface area contributed by atoms with Gasteiger partial charge in [-0.05, 0) is 45.2 Å². The Morgan fingerprint density at radius 1 is 1.08 bits per heavy atom. The smallest absolute Gasteiger partial charge is 0.303 e. The summed E-state index contributed by atoms with van der Waals surface area (Å²) in [7, 11) is 0. The summed E-state index contributed by atoms with van der Waals surface area (Å²) in [5.74, 6) is -1.03. The molecule has 1 aromatic rings. The van der Waals surface area contributed by atoms with E-state index in [2.05, 4.69) is 12.2 Å². The Hall–Kier alpha value is -2.08. The van der Waals surface area contributed by atoms with E-state index in [1.807, 2.05) is 13.8 Å². The van der Waals surface area contributed by atoms with Crippen molar-refractivity contribution in [2.45, 2.75) is 71.3 Å². The number of hydrogen-bond acceptors (Lipinski definition) is 4. The molecular weight excluding hydrogens is 332 g/mol. The number of carboxylic acids is 1. The first-order valence-corrected chi connectivity index (χ1v) is 9.24. The maximum absolute atomic E-state index is 11.7. The Morgan fingerprint density at radius 3 is 2.15 bits per heavy atom. The monoisotopic (exact) mass is 366 g/mol. The lowest BCUT2D eigenvalue weighted by molar-refractivity contribution is -0.137. The van der Waals surface area contributed by atoms with Crippen LogP contribution in [0.1, 0.15) is 76.1 Å². The Balaban J connectivity index is 0.000000896.